The number of rotatable bonds is 5. The van der Waals surface area contributed by atoms with Crippen molar-refractivity contribution in [2.24, 2.45) is 5.34 Å². The van der Waals surface area contributed by atoms with Gasteiger partial charge in [0.25, 0.3) is 0 Å². The quantitative estimate of drug-likeness (QED) is 0.574. The molecule has 0 spiro atoms. The SMILES string of the molecule is CC(=O)CC(ON=O)c1ccc(Cl)cc1. The fourth-order valence-electron chi connectivity index (χ4n) is 1.21. The summed E-state index contributed by atoms with van der Waals surface area (Å²) in [5.41, 5.74) is 0.703. The van der Waals surface area contributed by atoms with Crippen molar-refractivity contribution in [2.45, 2.75) is 19.4 Å². The van der Waals surface area contributed by atoms with Crippen LogP contribution in [0.2, 0.25) is 5.02 Å². The van der Waals surface area contributed by atoms with Crippen LogP contribution >= 0.6 is 11.6 Å². The Morgan fingerprint density at radius 3 is 2.53 bits per heavy atom. The minimum Gasteiger partial charge on any atom is -0.355 e. The van der Waals surface area contributed by atoms with E-state index in [0.29, 0.717) is 10.6 Å². The number of carbonyl (C=O) groups is 1. The van der Waals surface area contributed by atoms with E-state index in [-0.39, 0.29) is 12.2 Å². The van der Waals surface area contributed by atoms with Crippen molar-refractivity contribution < 1.29 is 9.63 Å². The van der Waals surface area contributed by atoms with Crippen LogP contribution in [0.5, 0.6) is 0 Å². The maximum absolute atomic E-state index is 10.9. The van der Waals surface area contributed by atoms with Crippen LogP contribution in [0.25, 0.3) is 0 Å². The van der Waals surface area contributed by atoms with Gasteiger partial charge in [-0.05, 0) is 24.6 Å². The van der Waals surface area contributed by atoms with E-state index < -0.39 is 6.10 Å². The van der Waals surface area contributed by atoms with E-state index in [1.807, 2.05) is 0 Å². The van der Waals surface area contributed by atoms with Crippen molar-refractivity contribution in [1.29, 1.82) is 0 Å². The zero-order valence-corrected chi connectivity index (χ0v) is 8.90. The normalized spacial score (nSPS) is 11.9. The van der Waals surface area contributed by atoms with Gasteiger partial charge >= 0.3 is 0 Å². The third-order valence-electron chi connectivity index (χ3n) is 1.88. The smallest absolute Gasteiger partial charge is 0.162 e. The minimum absolute atomic E-state index is 0.0707. The lowest BCUT2D eigenvalue weighted by Crippen LogP contribution is -2.05. The fraction of sp³-hybridized carbons (Fsp3) is 0.300. The molecule has 1 aromatic carbocycles. The van der Waals surface area contributed by atoms with Crippen LogP contribution in [-0.2, 0) is 9.63 Å². The van der Waals surface area contributed by atoms with Crippen LogP contribution < -0.4 is 0 Å². The topological polar surface area (TPSA) is 55.7 Å². The average Bonchev–Trinajstić information content (AvgIpc) is 2.17. The maximum atomic E-state index is 10.9. The first-order chi connectivity index (χ1) is 7.13. The number of Topliss-reactive ketones (excluding diaryl/α,β-unsaturated/α-hetero) is 1. The van der Waals surface area contributed by atoms with Crippen molar-refractivity contribution in [3.8, 4) is 0 Å². The minimum atomic E-state index is -0.628. The fourth-order valence-corrected chi connectivity index (χ4v) is 1.33. The second-order valence-electron chi connectivity index (χ2n) is 3.13. The lowest BCUT2D eigenvalue weighted by Gasteiger charge is -2.11. The largest absolute Gasteiger partial charge is 0.355 e. The molecule has 15 heavy (non-hydrogen) atoms. The first-order valence-corrected chi connectivity index (χ1v) is 4.74. The molecule has 0 bridgehead atoms. The molecule has 0 saturated carbocycles. The molecule has 80 valence electrons. The molecule has 1 unspecified atom stereocenters. The number of hydrogen-bond acceptors (Lipinski definition) is 4. The van der Waals surface area contributed by atoms with Gasteiger partial charge in [0.2, 0.25) is 0 Å². The average molecular weight is 228 g/mol. The first kappa shape index (κ1) is 11.7. The van der Waals surface area contributed by atoms with Crippen LogP contribution in [-0.4, -0.2) is 5.78 Å². The van der Waals surface area contributed by atoms with E-state index in [1.54, 1.807) is 24.3 Å². The Bertz CT molecular complexity index is 350. The van der Waals surface area contributed by atoms with Gasteiger partial charge in [0.15, 0.2) is 11.4 Å². The summed E-state index contributed by atoms with van der Waals surface area (Å²) in [6, 6.07) is 6.72. The highest BCUT2D eigenvalue weighted by Gasteiger charge is 2.15. The summed E-state index contributed by atoms with van der Waals surface area (Å²) in [5, 5.41) is 2.94. The molecule has 0 amide bonds. The van der Waals surface area contributed by atoms with Gasteiger partial charge in [0.1, 0.15) is 5.78 Å². The molecule has 0 aliphatic carbocycles. The van der Waals surface area contributed by atoms with E-state index in [4.69, 9.17) is 11.6 Å². The predicted molar refractivity (Wildman–Crippen MR) is 56.4 cm³/mol. The first-order valence-electron chi connectivity index (χ1n) is 4.37. The number of hydrogen-bond donors (Lipinski definition) is 0. The lowest BCUT2D eigenvalue weighted by molar-refractivity contribution is -0.120. The van der Waals surface area contributed by atoms with Crippen LogP contribution in [0.15, 0.2) is 29.6 Å². The second-order valence-corrected chi connectivity index (χ2v) is 3.56. The highest BCUT2D eigenvalue weighted by atomic mass is 35.5. The summed E-state index contributed by atoms with van der Waals surface area (Å²) in [6.07, 6.45) is -0.509. The molecule has 0 aliphatic heterocycles. The monoisotopic (exact) mass is 227 g/mol. The molecular weight excluding hydrogens is 218 g/mol. The van der Waals surface area contributed by atoms with Gasteiger partial charge < -0.3 is 4.84 Å². The zero-order valence-electron chi connectivity index (χ0n) is 8.14. The van der Waals surface area contributed by atoms with Crippen molar-refractivity contribution in [3.63, 3.8) is 0 Å². The van der Waals surface area contributed by atoms with Gasteiger partial charge in [-0.3, -0.25) is 4.79 Å². The number of halogens is 1. The summed E-state index contributed by atoms with van der Waals surface area (Å²) in [4.78, 5) is 25.5. The summed E-state index contributed by atoms with van der Waals surface area (Å²) < 4.78 is 0. The lowest BCUT2D eigenvalue weighted by atomic mass is 10.1. The van der Waals surface area contributed by atoms with Gasteiger partial charge in [-0.2, -0.15) is 0 Å². The molecule has 1 atom stereocenters. The molecule has 0 aromatic heterocycles. The van der Waals surface area contributed by atoms with E-state index in [9.17, 15) is 9.70 Å². The highest BCUT2D eigenvalue weighted by molar-refractivity contribution is 6.30. The molecule has 0 N–H and O–H groups in total. The van der Waals surface area contributed by atoms with Gasteiger partial charge in [0, 0.05) is 5.02 Å². The molecule has 0 fully saturated rings. The molecule has 1 aromatic rings. The number of nitrogens with zero attached hydrogens (tertiary/aromatic N) is 1. The molecule has 0 radical (unpaired) electrons. The van der Waals surface area contributed by atoms with Crippen molar-refractivity contribution in [3.05, 3.63) is 39.8 Å². The van der Waals surface area contributed by atoms with Gasteiger partial charge in [-0.15, -0.1) is 4.91 Å². The van der Waals surface area contributed by atoms with Crippen LogP contribution in [0, 0.1) is 4.91 Å². The summed E-state index contributed by atoms with van der Waals surface area (Å²) in [7, 11) is 0. The van der Waals surface area contributed by atoms with Gasteiger partial charge in [-0.1, -0.05) is 23.7 Å². The molecular formula is C10H10ClNO3. The Balaban J connectivity index is 2.83. The van der Waals surface area contributed by atoms with Gasteiger partial charge in [0.05, 0.1) is 6.42 Å². The van der Waals surface area contributed by atoms with Crippen molar-refractivity contribution >= 4 is 17.4 Å². The number of ketones is 1. The Kier molecular flexibility index (Phi) is 4.24. The molecule has 0 aliphatic rings. The number of benzene rings is 1. The summed E-state index contributed by atoms with van der Waals surface area (Å²) in [6.45, 7) is 1.43. The maximum Gasteiger partial charge on any atom is 0.162 e. The van der Waals surface area contributed by atoms with Gasteiger partial charge in [-0.25, -0.2) is 0 Å². The Hall–Kier alpha value is -1.42. The molecule has 1 rings (SSSR count). The highest BCUT2D eigenvalue weighted by Crippen LogP contribution is 2.23. The Morgan fingerprint density at radius 1 is 1.47 bits per heavy atom. The number of carbonyl (C=O) groups excluding carboxylic acids is 1. The van der Waals surface area contributed by atoms with E-state index >= 15 is 0 Å². The van der Waals surface area contributed by atoms with Crippen LogP contribution in [0.3, 0.4) is 0 Å². The molecule has 0 heterocycles. The van der Waals surface area contributed by atoms with E-state index in [1.165, 1.54) is 6.92 Å². The van der Waals surface area contributed by atoms with E-state index in [0.717, 1.165) is 0 Å². The molecule has 4 nitrogen and oxygen atoms in total. The standard InChI is InChI=1S/C10H10ClNO3/c1-7(13)6-10(15-12-14)8-2-4-9(11)5-3-8/h2-5,10H,6H2,1H3. The van der Waals surface area contributed by atoms with Crippen LogP contribution in [0.4, 0.5) is 0 Å². The predicted octanol–water partition coefficient (Wildman–Crippen LogP) is 3.06. The van der Waals surface area contributed by atoms with Crippen molar-refractivity contribution in [2.75, 3.05) is 0 Å². The summed E-state index contributed by atoms with van der Waals surface area (Å²) >= 11 is 5.71. The third kappa shape index (κ3) is 3.67. The second kappa shape index (κ2) is 5.46. The van der Waals surface area contributed by atoms with Crippen molar-refractivity contribution in [1.82, 2.24) is 0 Å². The van der Waals surface area contributed by atoms with E-state index in [2.05, 4.69) is 10.2 Å². The molecule has 0 saturated heterocycles. The van der Waals surface area contributed by atoms with Crippen LogP contribution in [0.1, 0.15) is 25.0 Å². The molecule has 5 heteroatoms. The Morgan fingerprint density at radius 2 is 2.07 bits per heavy atom. The third-order valence-corrected chi connectivity index (χ3v) is 2.14. The zero-order chi connectivity index (χ0) is 11.3. The summed E-state index contributed by atoms with van der Waals surface area (Å²) in [5.74, 6) is -0.0707. The Labute approximate surface area is 92.1 Å².